The van der Waals surface area contributed by atoms with E-state index in [0.29, 0.717) is 0 Å². The van der Waals surface area contributed by atoms with Gasteiger partial charge in [-0.1, -0.05) is 180 Å². The monoisotopic (exact) mass is 770 g/mol. The first-order chi connectivity index (χ1) is 23.2. The lowest BCUT2D eigenvalue weighted by molar-refractivity contribution is 0.537. The number of rotatable bonds is 29. The van der Waals surface area contributed by atoms with Crippen molar-refractivity contribution in [1.82, 2.24) is 0 Å². The molecule has 0 N–H and O–H groups in total. The lowest BCUT2D eigenvalue weighted by Crippen LogP contribution is -1.97. The summed E-state index contributed by atoms with van der Waals surface area (Å²) < 4.78 is 1.37. The summed E-state index contributed by atoms with van der Waals surface area (Å²) in [5.74, 6) is 0. The molecule has 0 aromatic heterocycles. The normalized spacial score (nSPS) is 11.7. The van der Waals surface area contributed by atoms with Gasteiger partial charge >= 0.3 is 0 Å². The Hall–Kier alpha value is -0.740. The van der Waals surface area contributed by atoms with Gasteiger partial charge in [-0.3, -0.25) is 0 Å². The van der Waals surface area contributed by atoms with Gasteiger partial charge in [-0.15, -0.1) is 11.8 Å². The predicted molar refractivity (Wildman–Crippen MR) is 225 cm³/mol. The molecule has 0 amide bonds. The third-order valence-corrected chi connectivity index (χ3v) is 12.5. The zero-order valence-electron chi connectivity index (χ0n) is 31.0. The molecule has 0 aliphatic heterocycles. The summed E-state index contributed by atoms with van der Waals surface area (Å²) in [5, 5.41) is 5.64. The highest BCUT2D eigenvalue weighted by atomic mass is 127. The Morgan fingerprint density at radius 2 is 0.681 bits per heavy atom. The van der Waals surface area contributed by atoms with E-state index in [9.17, 15) is 0 Å². The van der Waals surface area contributed by atoms with Crippen LogP contribution < -0.4 is 0 Å². The first-order valence-corrected chi connectivity index (χ1v) is 22.7. The van der Waals surface area contributed by atoms with E-state index in [2.05, 4.69) is 79.1 Å². The van der Waals surface area contributed by atoms with Gasteiger partial charge < -0.3 is 0 Å². The molecule has 0 fully saturated rings. The summed E-state index contributed by atoms with van der Waals surface area (Å²) in [7, 11) is 0. The number of unbranched alkanes of at least 4 members (excludes halogenated alkanes) is 24. The van der Waals surface area contributed by atoms with Crippen LogP contribution in [-0.2, 0) is 12.8 Å². The zero-order valence-corrected chi connectivity index (χ0v) is 34.0. The van der Waals surface area contributed by atoms with Gasteiger partial charge in [0.05, 0.1) is 0 Å². The SMILES string of the molecule is CCCCCCCCCCCCCCCc1cc2cc3cc(I)c(SC)cc3cc2cc1CCCCCCCCCCCCCCC. The minimum absolute atomic E-state index is 1.25. The molecule has 0 unspecified atom stereocenters. The molecule has 0 aliphatic rings. The molecule has 0 bridgehead atoms. The molecule has 0 saturated carbocycles. The lowest BCUT2D eigenvalue weighted by Gasteiger charge is -2.14. The van der Waals surface area contributed by atoms with Gasteiger partial charge in [0.2, 0.25) is 0 Å². The fourth-order valence-electron chi connectivity index (χ4n) is 7.44. The number of hydrogen-bond acceptors (Lipinski definition) is 1. The summed E-state index contributed by atoms with van der Waals surface area (Å²) in [4.78, 5) is 1.39. The average molecular weight is 771 g/mol. The summed E-state index contributed by atoms with van der Waals surface area (Å²) >= 11 is 4.37. The zero-order chi connectivity index (χ0) is 33.4. The Bertz CT molecular complexity index is 1230. The summed E-state index contributed by atoms with van der Waals surface area (Å²) in [6, 6.07) is 14.8. The van der Waals surface area contributed by atoms with Crippen LogP contribution in [0.4, 0.5) is 0 Å². The van der Waals surface area contributed by atoms with Gasteiger partial charge in [0.15, 0.2) is 0 Å². The number of halogens is 1. The molecule has 2 heteroatoms. The van der Waals surface area contributed by atoms with Crippen molar-refractivity contribution < 1.29 is 0 Å². The van der Waals surface area contributed by atoms with Crippen molar-refractivity contribution in [3.05, 3.63) is 51.1 Å². The lowest BCUT2D eigenvalue weighted by atomic mass is 9.92. The van der Waals surface area contributed by atoms with Crippen LogP contribution in [0, 0.1) is 3.57 Å². The van der Waals surface area contributed by atoms with Gasteiger partial charge in [0.1, 0.15) is 0 Å². The maximum Gasteiger partial charge on any atom is 0.0272 e. The van der Waals surface area contributed by atoms with Crippen molar-refractivity contribution in [2.45, 2.75) is 199 Å². The van der Waals surface area contributed by atoms with Crippen LogP contribution >= 0.6 is 34.4 Å². The molecule has 0 nitrogen and oxygen atoms in total. The molecule has 0 saturated heterocycles. The van der Waals surface area contributed by atoms with Crippen LogP contribution in [0.3, 0.4) is 0 Å². The van der Waals surface area contributed by atoms with Gasteiger partial charge in [0, 0.05) is 8.47 Å². The molecule has 0 spiro atoms. The average Bonchev–Trinajstić information content (AvgIpc) is 3.07. The van der Waals surface area contributed by atoms with Crippen LogP contribution in [0.5, 0.6) is 0 Å². The third kappa shape index (κ3) is 16.7. The molecule has 0 heterocycles. The largest absolute Gasteiger partial charge is 0.128 e. The van der Waals surface area contributed by atoms with Crippen LogP contribution in [-0.4, -0.2) is 6.26 Å². The molecule has 0 atom stereocenters. The first kappa shape index (κ1) is 40.7. The van der Waals surface area contributed by atoms with E-state index in [1.165, 1.54) is 210 Å². The maximum absolute atomic E-state index is 2.57. The first-order valence-electron chi connectivity index (χ1n) is 20.4. The van der Waals surface area contributed by atoms with Gasteiger partial charge in [-0.2, -0.15) is 0 Å². The van der Waals surface area contributed by atoms with Crippen molar-refractivity contribution in [1.29, 1.82) is 0 Å². The second-order valence-corrected chi connectivity index (χ2v) is 16.6. The Morgan fingerprint density at radius 3 is 1.02 bits per heavy atom. The van der Waals surface area contributed by atoms with Crippen molar-refractivity contribution in [3.63, 3.8) is 0 Å². The van der Waals surface area contributed by atoms with E-state index >= 15 is 0 Å². The maximum atomic E-state index is 2.57. The molecule has 0 radical (unpaired) electrons. The molecule has 3 rings (SSSR count). The van der Waals surface area contributed by atoms with Crippen LogP contribution in [0.15, 0.2) is 41.3 Å². The fraction of sp³-hybridized carbons (Fsp3) is 0.689. The molecular weight excluding hydrogens is 699 g/mol. The van der Waals surface area contributed by atoms with E-state index < -0.39 is 0 Å². The fourth-order valence-corrected chi connectivity index (χ4v) is 9.09. The van der Waals surface area contributed by atoms with Gasteiger partial charge in [-0.25, -0.2) is 0 Å². The molecule has 3 aromatic carbocycles. The van der Waals surface area contributed by atoms with E-state index in [0.717, 1.165) is 0 Å². The van der Waals surface area contributed by atoms with Crippen LogP contribution in [0.1, 0.15) is 192 Å². The molecule has 264 valence electrons. The molecule has 47 heavy (non-hydrogen) atoms. The number of benzene rings is 3. The number of aryl methyl sites for hydroxylation is 2. The minimum Gasteiger partial charge on any atom is -0.128 e. The highest BCUT2D eigenvalue weighted by molar-refractivity contribution is 14.1. The second-order valence-electron chi connectivity index (χ2n) is 14.6. The topological polar surface area (TPSA) is 0 Å². The number of hydrogen-bond donors (Lipinski definition) is 0. The van der Waals surface area contributed by atoms with Crippen LogP contribution in [0.2, 0.25) is 0 Å². The Balaban J connectivity index is 1.45. The van der Waals surface area contributed by atoms with E-state index in [1.54, 1.807) is 11.1 Å². The highest BCUT2D eigenvalue weighted by Crippen LogP contribution is 2.32. The second kappa shape index (κ2) is 26.1. The molecular formula is C45H71IS. The summed E-state index contributed by atoms with van der Waals surface area (Å²) in [5.41, 5.74) is 3.27. The smallest absolute Gasteiger partial charge is 0.0272 e. The van der Waals surface area contributed by atoms with Crippen molar-refractivity contribution in [2.24, 2.45) is 0 Å². The molecule has 0 aliphatic carbocycles. The van der Waals surface area contributed by atoms with E-state index in [1.807, 2.05) is 11.8 Å². The van der Waals surface area contributed by atoms with E-state index in [4.69, 9.17) is 0 Å². The summed E-state index contributed by atoms with van der Waals surface area (Å²) in [6.07, 6.45) is 41.8. The Labute approximate surface area is 309 Å². The Kier molecular flexibility index (Phi) is 22.6. The van der Waals surface area contributed by atoms with Crippen molar-refractivity contribution in [2.75, 3.05) is 6.26 Å². The third-order valence-electron chi connectivity index (χ3n) is 10.5. The standard InChI is InChI=1S/C45H71IS/c1-4-6-8-10-12-14-16-18-20-22-24-26-28-30-38-32-40-34-42-36-44(46)45(47-3)37-43(42)35-41(40)33-39(38)31-29-27-25-23-21-19-17-15-13-11-9-7-5-2/h32-37H,4-31H2,1-3H3. The number of thioether (sulfide) groups is 1. The van der Waals surface area contributed by atoms with Gasteiger partial charge in [0.25, 0.3) is 0 Å². The Morgan fingerprint density at radius 1 is 0.383 bits per heavy atom. The van der Waals surface area contributed by atoms with Crippen LogP contribution in [0.25, 0.3) is 21.5 Å². The minimum atomic E-state index is 1.25. The quantitative estimate of drug-likeness (QED) is 0.0293. The summed E-state index contributed by atoms with van der Waals surface area (Å²) in [6.45, 7) is 4.62. The van der Waals surface area contributed by atoms with Crippen molar-refractivity contribution >= 4 is 55.9 Å². The van der Waals surface area contributed by atoms with Crippen molar-refractivity contribution in [3.8, 4) is 0 Å². The van der Waals surface area contributed by atoms with E-state index in [-0.39, 0.29) is 0 Å². The van der Waals surface area contributed by atoms with Gasteiger partial charge in [-0.05, 0) is 111 Å². The number of fused-ring (bicyclic) bond motifs is 2. The predicted octanol–water partition coefficient (Wildman–Crippen LogP) is 16.6. The molecule has 3 aromatic rings. The highest BCUT2D eigenvalue weighted by Gasteiger charge is 2.09.